The standard InChI is InChI=1S/C27H35F3N4O3/c1-34(2)14-6-13-31-25(35)26(36)32-16-19-10-11-20-23(17-7-4-3-5-8-17)33-22-12-9-18(27(28,29)30)15-21(22)24(20)37-19/h3-5,7,9,12,15,17,19-20,23-24,33H,6,8,10-11,13-14,16H2,1-2H3,(H,31,35)(H,32,36)/t17?,19-,20+,23+,24+/m1/s1. The summed E-state index contributed by atoms with van der Waals surface area (Å²) in [7, 11) is 3.86. The molecule has 1 aromatic carbocycles. The van der Waals surface area contributed by atoms with Crippen LogP contribution >= 0.6 is 0 Å². The summed E-state index contributed by atoms with van der Waals surface area (Å²) >= 11 is 0. The average molecular weight is 521 g/mol. The number of amides is 2. The van der Waals surface area contributed by atoms with Crippen LogP contribution < -0.4 is 16.0 Å². The van der Waals surface area contributed by atoms with Gasteiger partial charge in [-0.1, -0.05) is 24.3 Å². The molecule has 1 aromatic rings. The highest BCUT2D eigenvalue weighted by molar-refractivity contribution is 6.35. The second-order valence-electron chi connectivity index (χ2n) is 10.2. The summed E-state index contributed by atoms with van der Waals surface area (Å²) in [6.45, 7) is 1.30. The number of alkyl halides is 3. The molecule has 1 unspecified atom stereocenters. The number of halogens is 3. The van der Waals surface area contributed by atoms with Crippen LogP contribution in [0.5, 0.6) is 0 Å². The van der Waals surface area contributed by atoms with Gasteiger partial charge in [0.25, 0.3) is 0 Å². The van der Waals surface area contributed by atoms with Gasteiger partial charge in [-0.05, 0) is 64.5 Å². The molecule has 0 spiro atoms. The number of fused-ring (bicyclic) bond motifs is 3. The van der Waals surface area contributed by atoms with Crippen molar-refractivity contribution in [2.75, 3.05) is 39.0 Å². The van der Waals surface area contributed by atoms with Crippen molar-refractivity contribution in [2.24, 2.45) is 11.8 Å². The Morgan fingerprint density at radius 3 is 2.62 bits per heavy atom. The number of hydrogen-bond donors (Lipinski definition) is 3. The number of carbonyl (C=O) groups is 2. The molecule has 7 nitrogen and oxygen atoms in total. The molecule has 0 bridgehead atoms. The zero-order chi connectivity index (χ0) is 26.6. The SMILES string of the molecule is CN(C)CCCNC(=O)C(=O)NC[C@H]1CC[C@@H]2[C@H](O1)c1cc(C(F)(F)F)ccc1N[C@H]2C1C=CC=CC1. The minimum absolute atomic E-state index is 0.0129. The second-order valence-corrected chi connectivity index (χ2v) is 10.2. The highest BCUT2D eigenvalue weighted by atomic mass is 19.4. The van der Waals surface area contributed by atoms with Crippen molar-refractivity contribution in [2.45, 2.75) is 50.1 Å². The van der Waals surface area contributed by atoms with Crippen LogP contribution in [0.3, 0.4) is 0 Å². The molecule has 2 heterocycles. The molecule has 1 aliphatic carbocycles. The first-order valence-corrected chi connectivity index (χ1v) is 12.8. The number of carbonyl (C=O) groups excluding carboxylic acids is 2. The zero-order valence-electron chi connectivity index (χ0n) is 21.2. The van der Waals surface area contributed by atoms with E-state index in [4.69, 9.17) is 4.74 Å². The Balaban J connectivity index is 1.44. The van der Waals surface area contributed by atoms with Crippen LogP contribution in [-0.2, 0) is 20.5 Å². The summed E-state index contributed by atoms with van der Waals surface area (Å²) in [5, 5.41) is 8.73. The number of anilines is 1. The van der Waals surface area contributed by atoms with E-state index in [9.17, 15) is 22.8 Å². The van der Waals surface area contributed by atoms with E-state index in [1.165, 1.54) is 12.1 Å². The third kappa shape index (κ3) is 6.73. The maximum absolute atomic E-state index is 13.5. The Labute approximate surface area is 215 Å². The Kier molecular flexibility index (Phi) is 8.59. The second kappa shape index (κ2) is 11.7. The molecule has 2 amide bonds. The number of benzene rings is 1. The van der Waals surface area contributed by atoms with Gasteiger partial charge < -0.3 is 25.6 Å². The number of rotatable bonds is 7. The predicted octanol–water partition coefficient (Wildman–Crippen LogP) is 3.65. The van der Waals surface area contributed by atoms with Crippen molar-refractivity contribution >= 4 is 17.5 Å². The largest absolute Gasteiger partial charge is 0.416 e. The molecule has 0 radical (unpaired) electrons. The van der Waals surface area contributed by atoms with Crippen molar-refractivity contribution in [1.29, 1.82) is 0 Å². The van der Waals surface area contributed by atoms with Crippen molar-refractivity contribution in [3.05, 3.63) is 53.6 Å². The van der Waals surface area contributed by atoms with E-state index in [0.717, 1.165) is 31.9 Å². The third-order valence-corrected chi connectivity index (χ3v) is 7.26. The molecule has 5 atom stereocenters. The van der Waals surface area contributed by atoms with Crippen LogP contribution in [0, 0.1) is 11.8 Å². The van der Waals surface area contributed by atoms with Gasteiger partial charge in [0.2, 0.25) is 0 Å². The summed E-state index contributed by atoms with van der Waals surface area (Å²) in [6, 6.07) is 3.77. The van der Waals surface area contributed by atoms with Crippen LogP contribution in [0.2, 0.25) is 0 Å². The van der Waals surface area contributed by atoms with E-state index >= 15 is 0 Å². The van der Waals surface area contributed by atoms with E-state index in [2.05, 4.69) is 28.1 Å². The van der Waals surface area contributed by atoms with Gasteiger partial charge in [0, 0.05) is 42.2 Å². The minimum atomic E-state index is -4.46. The first-order valence-electron chi connectivity index (χ1n) is 12.8. The molecular weight excluding hydrogens is 485 g/mol. The fourth-order valence-corrected chi connectivity index (χ4v) is 5.38. The molecule has 3 N–H and O–H groups in total. The quantitative estimate of drug-likeness (QED) is 0.378. The average Bonchev–Trinajstić information content (AvgIpc) is 2.88. The molecule has 3 aliphatic rings. The summed E-state index contributed by atoms with van der Waals surface area (Å²) in [6.07, 6.45) is 5.74. The predicted molar refractivity (Wildman–Crippen MR) is 135 cm³/mol. The van der Waals surface area contributed by atoms with E-state index in [-0.39, 0.29) is 24.4 Å². The van der Waals surface area contributed by atoms with Gasteiger partial charge in [0.1, 0.15) is 0 Å². The summed E-state index contributed by atoms with van der Waals surface area (Å²) in [5.41, 5.74) is 0.417. The zero-order valence-corrected chi connectivity index (χ0v) is 21.2. The Hall–Kier alpha value is -2.85. The van der Waals surface area contributed by atoms with Gasteiger partial charge in [-0.15, -0.1) is 0 Å². The van der Waals surface area contributed by atoms with E-state index in [0.29, 0.717) is 24.2 Å². The molecule has 37 heavy (non-hydrogen) atoms. The van der Waals surface area contributed by atoms with Gasteiger partial charge in [-0.3, -0.25) is 9.59 Å². The lowest BCUT2D eigenvalue weighted by Gasteiger charge is -2.47. The van der Waals surface area contributed by atoms with Gasteiger partial charge in [0.15, 0.2) is 0 Å². The van der Waals surface area contributed by atoms with Crippen LogP contribution in [0.1, 0.15) is 42.9 Å². The van der Waals surface area contributed by atoms with Crippen molar-refractivity contribution in [3.63, 3.8) is 0 Å². The number of ether oxygens (including phenoxy) is 1. The molecule has 2 aliphatic heterocycles. The van der Waals surface area contributed by atoms with Crippen molar-refractivity contribution in [1.82, 2.24) is 15.5 Å². The van der Waals surface area contributed by atoms with Gasteiger partial charge in [-0.25, -0.2) is 0 Å². The molecule has 0 saturated carbocycles. The highest BCUT2D eigenvalue weighted by Gasteiger charge is 2.45. The lowest BCUT2D eigenvalue weighted by atomic mass is 9.73. The smallest absolute Gasteiger partial charge is 0.381 e. The van der Waals surface area contributed by atoms with Gasteiger partial charge >= 0.3 is 18.0 Å². The molecular formula is C27H35F3N4O3. The van der Waals surface area contributed by atoms with Gasteiger partial charge in [-0.2, -0.15) is 13.2 Å². The number of nitrogens with zero attached hydrogens (tertiary/aromatic N) is 1. The number of nitrogens with one attached hydrogen (secondary N) is 3. The fourth-order valence-electron chi connectivity index (χ4n) is 5.38. The molecule has 1 fully saturated rings. The Bertz CT molecular complexity index is 1040. The number of hydrogen-bond acceptors (Lipinski definition) is 5. The maximum Gasteiger partial charge on any atom is 0.416 e. The Morgan fingerprint density at radius 2 is 1.92 bits per heavy atom. The third-order valence-electron chi connectivity index (χ3n) is 7.26. The molecule has 1 saturated heterocycles. The van der Waals surface area contributed by atoms with Crippen LogP contribution in [0.15, 0.2) is 42.5 Å². The van der Waals surface area contributed by atoms with Crippen molar-refractivity contribution in [3.8, 4) is 0 Å². The van der Waals surface area contributed by atoms with E-state index < -0.39 is 35.8 Å². The van der Waals surface area contributed by atoms with E-state index in [1.807, 2.05) is 31.1 Å². The minimum Gasteiger partial charge on any atom is -0.381 e. The molecule has 4 rings (SSSR count). The molecule has 202 valence electrons. The first kappa shape index (κ1) is 27.2. The lowest BCUT2D eigenvalue weighted by molar-refractivity contribution is -0.140. The van der Waals surface area contributed by atoms with Crippen LogP contribution in [0.25, 0.3) is 0 Å². The number of allylic oxidation sites excluding steroid dienone is 3. The fraction of sp³-hybridized carbons (Fsp3) is 0.556. The normalized spacial score (nSPS) is 26.7. The summed E-state index contributed by atoms with van der Waals surface area (Å²) in [4.78, 5) is 26.4. The maximum atomic E-state index is 13.5. The van der Waals surface area contributed by atoms with Crippen LogP contribution in [0.4, 0.5) is 18.9 Å². The lowest BCUT2D eigenvalue weighted by Crippen LogP contribution is -2.49. The van der Waals surface area contributed by atoms with E-state index in [1.54, 1.807) is 0 Å². The topological polar surface area (TPSA) is 82.7 Å². The van der Waals surface area contributed by atoms with Crippen molar-refractivity contribution < 1.29 is 27.5 Å². The monoisotopic (exact) mass is 520 g/mol. The first-order chi connectivity index (χ1) is 17.6. The van der Waals surface area contributed by atoms with Crippen LogP contribution in [-0.4, -0.2) is 62.6 Å². The highest BCUT2D eigenvalue weighted by Crippen LogP contribution is 2.49. The molecule has 0 aromatic heterocycles. The summed E-state index contributed by atoms with van der Waals surface area (Å²) < 4.78 is 46.8. The molecule has 10 heteroatoms. The van der Waals surface area contributed by atoms with Gasteiger partial charge in [0.05, 0.1) is 17.8 Å². The summed E-state index contributed by atoms with van der Waals surface area (Å²) in [5.74, 6) is -1.27. The Morgan fingerprint density at radius 1 is 1.14 bits per heavy atom.